The van der Waals surface area contributed by atoms with Gasteiger partial charge in [-0.3, -0.25) is 0 Å². The number of nitrogens with zero attached hydrogens (tertiary/aromatic N) is 1. The molecule has 0 atom stereocenters. The number of rotatable bonds is 2. The molecule has 1 heterocycles. The Morgan fingerprint density at radius 1 is 1.04 bits per heavy atom. The highest BCUT2D eigenvalue weighted by atomic mass is 19.4. The Bertz CT molecular complexity index is 877. The third kappa shape index (κ3) is 3.44. The molecule has 1 N–H and O–H groups in total. The molecule has 0 unspecified atom stereocenters. The number of halogens is 5. The maximum absolute atomic E-state index is 13.9. The van der Waals surface area contributed by atoms with Crippen LogP contribution < -0.4 is 5.43 Å². The minimum absolute atomic E-state index is 0.0351. The van der Waals surface area contributed by atoms with E-state index in [1.54, 1.807) is 0 Å². The lowest BCUT2D eigenvalue weighted by molar-refractivity contribution is -0.137. The lowest BCUT2D eigenvalue weighted by Crippen LogP contribution is -2.30. The van der Waals surface area contributed by atoms with Crippen molar-refractivity contribution < 1.29 is 31.5 Å². The number of hydrogen-bond acceptors (Lipinski definition) is 3. The number of cyclic esters (lactones) is 1. The summed E-state index contributed by atoms with van der Waals surface area (Å²) in [5.74, 6) is -1.84. The molecular weight excluding hydrogens is 347 g/mol. The molecular formula is C16H9F5N2O2. The second-order valence-electron chi connectivity index (χ2n) is 5.13. The van der Waals surface area contributed by atoms with Crippen LogP contribution >= 0.6 is 0 Å². The van der Waals surface area contributed by atoms with Crippen molar-refractivity contribution in [2.24, 2.45) is 5.10 Å². The molecule has 0 bridgehead atoms. The van der Waals surface area contributed by atoms with E-state index in [1.807, 2.05) is 5.43 Å². The molecule has 9 heteroatoms. The molecule has 0 radical (unpaired) electrons. The lowest BCUT2D eigenvalue weighted by Gasteiger charge is -2.17. The van der Waals surface area contributed by atoms with Gasteiger partial charge in [0.15, 0.2) is 0 Å². The topological polar surface area (TPSA) is 50.7 Å². The first-order chi connectivity index (χ1) is 11.8. The molecule has 0 saturated heterocycles. The normalized spacial score (nSPS) is 14.6. The van der Waals surface area contributed by atoms with Crippen molar-refractivity contribution in [2.45, 2.75) is 6.18 Å². The summed E-state index contributed by atoms with van der Waals surface area (Å²) in [5, 5.41) is 3.63. The molecule has 0 fully saturated rings. The number of carbonyl (C=O) groups is 1. The third-order valence-electron chi connectivity index (χ3n) is 3.50. The molecule has 0 saturated carbocycles. The van der Waals surface area contributed by atoms with E-state index in [0.29, 0.717) is 6.07 Å². The molecule has 2 aromatic rings. The van der Waals surface area contributed by atoms with Crippen LogP contribution in [0.2, 0.25) is 0 Å². The molecule has 2 aromatic carbocycles. The van der Waals surface area contributed by atoms with Gasteiger partial charge in [0.2, 0.25) is 0 Å². The monoisotopic (exact) mass is 356 g/mol. The summed E-state index contributed by atoms with van der Waals surface area (Å²) < 4.78 is 72.1. The molecule has 1 amide bonds. The molecule has 0 aliphatic carbocycles. The Balaban J connectivity index is 2.14. The zero-order valence-electron chi connectivity index (χ0n) is 12.3. The van der Waals surface area contributed by atoms with Crippen LogP contribution in [0, 0.1) is 11.6 Å². The van der Waals surface area contributed by atoms with E-state index >= 15 is 0 Å². The van der Waals surface area contributed by atoms with Crippen LogP contribution in [-0.4, -0.2) is 18.4 Å². The van der Waals surface area contributed by atoms with Gasteiger partial charge in [-0.2, -0.15) is 18.3 Å². The Kier molecular flexibility index (Phi) is 4.15. The zero-order valence-corrected chi connectivity index (χ0v) is 12.3. The summed E-state index contributed by atoms with van der Waals surface area (Å²) in [7, 11) is 0. The van der Waals surface area contributed by atoms with Crippen LogP contribution in [0.4, 0.5) is 26.7 Å². The maximum Gasteiger partial charge on any atom is 0.428 e. The van der Waals surface area contributed by atoms with E-state index in [2.05, 4.69) is 9.84 Å². The van der Waals surface area contributed by atoms with Gasteiger partial charge in [-0.05, 0) is 29.8 Å². The average molecular weight is 356 g/mol. The fourth-order valence-corrected chi connectivity index (χ4v) is 2.36. The van der Waals surface area contributed by atoms with Gasteiger partial charge >= 0.3 is 12.3 Å². The second kappa shape index (κ2) is 6.15. The SMILES string of the molecule is O=C1NN=C(c2ccc(-c3cc(F)ccc3F)c(C(F)(F)F)c2)CO1. The molecule has 25 heavy (non-hydrogen) atoms. The Morgan fingerprint density at radius 2 is 1.80 bits per heavy atom. The number of hydrazone groups is 1. The van der Waals surface area contributed by atoms with Crippen LogP contribution in [0.15, 0.2) is 41.5 Å². The van der Waals surface area contributed by atoms with E-state index in [4.69, 9.17) is 0 Å². The Hall–Kier alpha value is -2.97. The molecule has 3 rings (SSSR count). The second-order valence-corrected chi connectivity index (χ2v) is 5.13. The van der Waals surface area contributed by atoms with Gasteiger partial charge in [-0.25, -0.2) is 19.0 Å². The lowest BCUT2D eigenvalue weighted by atomic mass is 9.95. The number of ether oxygens (including phenoxy) is 1. The summed E-state index contributed by atoms with van der Waals surface area (Å²) in [6, 6.07) is 5.30. The van der Waals surface area contributed by atoms with Crippen LogP contribution in [0.25, 0.3) is 11.1 Å². The number of hydrogen-bond donors (Lipinski definition) is 1. The summed E-state index contributed by atoms with van der Waals surface area (Å²) in [4.78, 5) is 10.9. The van der Waals surface area contributed by atoms with E-state index < -0.39 is 40.6 Å². The third-order valence-corrected chi connectivity index (χ3v) is 3.50. The van der Waals surface area contributed by atoms with Gasteiger partial charge < -0.3 is 4.74 Å². The number of amides is 1. The van der Waals surface area contributed by atoms with Crippen LogP contribution in [-0.2, 0) is 10.9 Å². The van der Waals surface area contributed by atoms with Gasteiger partial charge in [-0.15, -0.1) is 0 Å². The first-order valence-corrected chi connectivity index (χ1v) is 6.92. The van der Waals surface area contributed by atoms with Gasteiger partial charge in [0.1, 0.15) is 24.0 Å². The van der Waals surface area contributed by atoms with Crippen molar-refractivity contribution >= 4 is 11.8 Å². The van der Waals surface area contributed by atoms with E-state index in [0.717, 1.165) is 24.3 Å². The average Bonchev–Trinajstić information content (AvgIpc) is 2.56. The first kappa shape index (κ1) is 16.9. The van der Waals surface area contributed by atoms with Gasteiger partial charge in [0, 0.05) is 11.1 Å². The number of carbonyl (C=O) groups excluding carboxylic acids is 1. The van der Waals surface area contributed by atoms with Crippen LogP contribution in [0.3, 0.4) is 0 Å². The van der Waals surface area contributed by atoms with Crippen molar-refractivity contribution in [2.75, 3.05) is 6.61 Å². The van der Waals surface area contributed by atoms with Gasteiger partial charge in [0.25, 0.3) is 0 Å². The largest absolute Gasteiger partial charge is 0.442 e. The minimum Gasteiger partial charge on any atom is -0.442 e. The molecule has 1 aliphatic rings. The van der Waals surface area contributed by atoms with Crippen molar-refractivity contribution in [3.63, 3.8) is 0 Å². The van der Waals surface area contributed by atoms with Crippen LogP contribution in [0.5, 0.6) is 0 Å². The highest BCUT2D eigenvalue weighted by Gasteiger charge is 2.35. The van der Waals surface area contributed by atoms with Crippen molar-refractivity contribution in [1.82, 2.24) is 5.43 Å². The van der Waals surface area contributed by atoms with Crippen molar-refractivity contribution in [1.29, 1.82) is 0 Å². The van der Waals surface area contributed by atoms with Gasteiger partial charge in [-0.1, -0.05) is 12.1 Å². The zero-order chi connectivity index (χ0) is 18.2. The van der Waals surface area contributed by atoms with E-state index in [1.165, 1.54) is 6.07 Å². The Morgan fingerprint density at radius 3 is 2.44 bits per heavy atom. The number of benzene rings is 2. The highest BCUT2D eigenvalue weighted by molar-refractivity contribution is 6.04. The first-order valence-electron chi connectivity index (χ1n) is 6.92. The fourth-order valence-electron chi connectivity index (χ4n) is 2.36. The van der Waals surface area contributed by atoms with E-state index in [9.17, 15) is 26.7 Å². The predicted octanol–water partition coefficient (Wildman–Crippen LogP) is 4.09. The highest BCUT2D eigenvalue weighted by Crippen LogP contribution is 2.39. The molecule has 4 nitrogen and oxygen atoms in total. The number of alkyl halides is 3. The summed E-state index contributed by atoms with van der Waals surface area (Å²) in [5.41, 5.74) is -0.0800. The smallest absolute Gasteiger partial charge is 0.428 e. The Labute approximate surface area is 137 Å². The summed E-state index contributed by atoms with van der Waals surface area (Å²) in [6.45, 7) is -0.309. The van der Waals surface area contributed by atoms with Crippen LogP contribution in [0.1, 0.15) is 11.1 Å². The summed E-state index contributed by atoms with van der Waals surface area (Å²) >= 11 is 0. The maximum atomic E-state index is 13.9. The molecule has 0 spiro atoms. The fraction of sp³-hybridized carbons (Fsp3) is 0.125. The van der Waals surface area contributed by atoms with E-state index in [-0.39, 0.29) is 17.9 Å². The molecule has 1 aliphatic heterocycles. The quantitative estimate of drug-likeness (QED) is 0.824. The predicted molar refractivity (Wildman–Crippen MR) is 77.8 cm³/mol. The summed E-state index contributed by atoms with van der Waals surface area (Å²) in [6.07, 6.45) is -5.64. The molecule has 0 aromatic heterocycles. The molecule has 130 valence electrons. The minimum atomic E-state index is -4.82. The van der Waals surface area contributed by atoms with Gasteiger partial charge in [0.05, 0.1) is 5.56 Å². The number of nitrogens with one attached hydrogen (secondary N) is 1. The standard InChI is InChI=1S/C16H9F5N2O2/c17-9-2-4-13(18)11(6-9)10-3-1-8(5-12(10)16(19,20)21)14-7-25-15(24)23-22-14/h1-6H,7H2,(H,23,24). The van der Waals surface area contributed by atoms with Crippen molar-refractivity contribution in [3.05, 3.63) is 59.2 Å². The van der Waals surface area contributed by atoms with Crippen molar-refractivity contribution in [3.8, 4) is 11.1 Å².